The summed E-state index contributed by atoms with van der Waals surface area (Å²) < 4.78 is 18.7. The van der Waals surface area contributed by atoms with Gasteiger partial charge in [0.2, 0.25) is 0 Å². The third kappa shape index (κ3) is 3.32. The Balaban J connectivity index is 2.30. The van der Waals surface area contributed by atoms with Crippen molar-refractivity contribution < 1.29 is 9.13 Å². The average Bonchev–Trinajstić information content (AvgIpc) is 2.47. The van der Waals surface area contributed by atoms with Crippen LogP contribution in [0.5, 0.6) is 5.75 Å². The van der Waals surface area contributed by atoms with Crippen LogP contribution in [0.4, 0.5) is 4.39 Å². The summed E-state index contributed by atoms with van der Waals surface area (Å²) in [5.74, 6) is 1.32. The van der Waals surface area contributed by atoms with E-state index in [1.807, 2.05) is 24.3 Å². The lowest BCUT2D eigenvalue weighted by Gasteiger charge is -2.16. The van der Waals surface area contributed by atoms with Crippen molar-refractivity contribution in [3.05, 3.63) is 59.4 Å². The second kappa shape index (κ2) is 6.77. The lowest BCUT2D eigenvalue weighted by atomic mass is 9.98. The number of nitrogens with two attached hydrogens (primary N) is 1. The summed E-state index contributed by atoms with van der Waals surface area (Å²) in [6.07, 6.45) is 0. The minimum absolute atomic E-state index is 0.311. The fraction of sp³-hybridized carbons (Fsp3) is 0.250. The molecule has 0 aliphatic carbocycles. The van der Waals surface area contributed by atoms with Crippen molar-refractivity contribution in [3.8, 4) is 5.75 Å². The van der Waals surface area contributed by atoms with E-state index in [9.17, 15) is 4.39 Å². The molecule has 0 aromatic heterocycles. The zero-order chi connectivity index (χ0) is 14.5. The first kappa shape index (κ1) is 14.9. The van der Waals surface area contributed by atoms with Crippen LogP contribution in [0.2, 0.25) is 0 Å². The van der Waals surface area contributed by atoms with Gasteiger partial charge >= 0.3 is 0 Å². The molecule has 0 heterocycles. The van der Waals surface area contributed by atoms with Gasteiger partial charge in [-0.25, -0.2) is 4.39 Å². The molecular formula is C16H18FNOS. The smallest absolute Gasteiger partial charge is 0.124 e. The lowest BCUT2D eigenvalue weighted by Crippen LogP contribution is -2.13. The van der Waals surface area contributed by atoms with E-state index in [0.29, 0.717) is 11.3 Å². The molecule has 2 N–H and O–H groups in total. The Morgan fingerprint density at radius 3 is 2.50 bits per heavy atom. The highest BCUT2D eigenvalue weighted by Crippen LogP contribution is 2.30. The molecule has 1 atom stereocenters. The standard InChI is InChI=1S/C16H18FNOS/c1-3-20-13-7-4-11(5-8-13)16(18)14-10-12(17)6-9-15(14)19-2/h4-10,16H,3,18H2,1-2H3. The van der Waals surface area contributed by atoms with Gasteiger partial charge in [-0.1, -0.05) is 19.1 Å². The Morgan fingerprint density at radius 1 is 1.20 bits per heavy atom. The highest BCUT2D eigenvalue weighted by molar-refractivity contribution is 7.99. The van der Waals surface area contributed by atoms with Crippen LogP contribution in [0.15, 0.2) is 47.4 Å². The Hall–Kier alpha value is -1.52. The third-order valence-corrected chi connectivity index (χ3v) is 3.97. The molecule has 2 aromatic rings. The van der Waals surface area contributed by atoms with E-state index in [1.165, 1.54) is 17.0 Å². The number of hydrogen-bond acceptors (Lipinski definition) is 3. The fourth-order valence-corrected chi connectivity index (χ4v) is 2.73. The van der Waals surface area contributed by atoms with E-state index in [2.05, 4.69) is 6.92 Å². The maximum atomic E-state index is 13.4. The maximum absolute atomic E-state index is 13.4. The summed E-state index contributed by atoms with van der Waals surface area (Å²) in [4.78, 5) is 1.20. The Kier molecular flexibility index (Phi) is 5.04. The second-order valence-corrected chi connectivity index (χ2v) is 5.70. The minimum atomic E-state index is -0.402. The van der Waals surface area contributed by atoms with Gasteiger partial charge < -0.3 is 10.5 Å². The molecule has 0 spiro atoms. The molecule has 0 saturated carbocycles. The molecule has 1 unspecified atom stereocenters. The summed E-state index contributed by atoms with van der Waals surface area (Å²) in [7, 11) is 1.56. The zero-order valence-corrected chi connectivity index (χ0v) is 12.4. The summed E-state index contributed by atoms with van der Waals surface area (Å²) in [6.45, 7) is 2.11. The molecule has 0 saturated heterocycles. The molecule has 106 valence electrons. The number of rotatable bonds is 5. The van der Waals surface area contributed by atoms with Gasteiger partial charge in [0.15, 0.2) is 0 Å². The van der Waals surface area contributed by atoms with Crippen LogP contribution in [0.1, 0.15) is 24.1 Å². The Morgan fingerprint density at radius 2 is 1.90 bits per heavy atom. The van der Waals surface area contributed by atoms with E-state index >= 15 is 0 Å². The third-order valence-electron chi connectivity index (χ3n) is 3.08. The first-order valence-electron chi connectivity index (χ1n) is 6.47. The van der Waals surface area contributed by atoms with Crippen LogP contribution in [-0.4, -0.2) is 12.9 Å². The summed E-state index contributed by atoms with van der Waals surface area (Å²) in [5.41, 5.74) is 7.83. The monoisotopic (exact) mass is 291 g/mol. The van der Waals surface area contributed by atoms with Crippen LogP contribution in [0, 0.1) is 5.82 Å². The van der Waals surface area contributed by atoms with E-state index < -0.39 is 6.04 Å². The first-order chi connectivity index (χ1) is 9.65. The average molecular weight is 291 g/mol. The van der Waals surface area contributed by atoms with Crippen LogP contribution >= 0.6 is 11.8 Å². The van der Waals surface area contributed by atoms with Crippen molar-refractivity contribution in [2.75, 3.05) is 12.9 Å². The van der Waals surface area contributed by atoms with Crippen LogP contribution < -0.4 is 10.5 Å². The number of thioether (sulfide) groups is 1. The number of benzene rings is 2. The van der Waals surface area contributed by atoms with Crippen LogP contribution in [-0.2, 0) is 0 Å². The highest BCUT2D eigenvalue weighted by atomic mass is 32.2. The van der Waals surface area contributed by atoms with Crippen molar-refractivity contribution in [1.82, 2.24) is 0 Å². The number of methoxy groups -OCH3 is 1. The van der Waals surface area contributed by atoms with Crippen molar-refractivity contribution in [2.24, 2.45) is 5.73 Å². The largest absolute Gasteiger partial charge is 0.496 e. The summed E-state index contributed by atoms with van der Waals surface area (Å²) >= 11 is 1.78. The summed E-state index contributed by atoms with van der Waals surface area (Å²) in [6, 6.07) is 12.0. The lowest BCUT2D eigenvalue weighted by molar-refractivity contribution is 0.406. The van der Waals surface area contributed by atoms with Gasteiger partial charge in [0.25, 0.3) is 0 Å². The minimum Gasteiger partial charge on any atom is -0.496 e. The van der Waals surface area contributed by atoms with Crippen LogP contribution in [0.3, 0.4) is 0 Å². The van der Waals surface area contributed by atoms with Gasteiger partial charge in [-0.3, -0.25) is 0 Å². The van der Waals surface area contributed by atoms with Gasteiger partial charge in [0.05, 0.1) is 13.2 Å². The molecule has 0 fully saturated rings. The van der Waals surface area contributed by atoms with E-state index in [4.69, 9.17) is 10.5 Å². The van der Waals surface area contributed by atoms with Gasteiger partial charge in [-0.2, -0.15) is 0 Å². The fourth-order valence-electron chi connectivity index (χ4n) is 2.07. The number of halogens is 1. The normalized spacial score (nSPS) is 12.2. The van der Waals surface area contributed by atoms with Gasteiger partial charge in [-0.05, 0) is 41.6 Å². The Labute approximate surface area is 123 Å². The molecule has 20 heavy (non-hydrogen) atoms. The maximum Gasteiger partial charge on any atom is 0.124 e. The van der Waals surface area contributed by atoms with Crippen molar-refractivity contribution >= 4 is 11.8 Å². The number of ether oxygens (including phenoxy) is 1. The zero-order valence-electron chi connectivity index (χ0n) is 11.6. The van der Waals surface area contributed by atoms with Crippen molar-refractivity contribution in [2.45, 2.75) is 17.9 Å². The van der Waals surface area contributed by atoms with Gasteiger partial charge in [0.1, 0.15) is 11.6 Å². The predicted molar refractivity (Wildman–Crippen MR) is 81.8 cm³/mol. The molecule has 0 aliphatic rings. The number of hydrogen-bond donors (Lipinski definition) is 1. The molecule has 0 radical (unpaired) electrons. The highest BCUT2D eigenvalue weighted by Gasteiger charge is 2.15. The first-order valence-corrected chi connectivity index (χ1v) is 7.46. The van der Waals surface area contributed by atoms with Crippen LogP contribution in [0.25, 0.3) is 0 Å². The SMILES string of the molecule is CCSc1ccc(C(N)c2cc(F)ccc2OC)cc1. The molecule has 2 rings (SSSR count). The topological polar surface area (TPSA) is 35.2 Å². The molecule has 4 heteroatoms. The molecule has 0 bridgehead atoms. The Bertz CT molecular complexity index is 571. The summed E-state index contributed by atoms with van der Waals surface area (Å²) in [5, 5.41) is 0. The van der Waals surface area contributed by atoms with Gasteiger partial charge in [-0.15, -0.1) is 11.8 Å². The quantitative estimate of drug-likeness (QED) is 0.846. The van der Waals surface area contributed by atoms with Crippen molar-refractivity contribution in [1.29, 1.82) is 0 Å². The predicted octanol–water partition coefficient (Wildman–Crippen LogP) is 3.99. The van der Waals surface area contributed by atoms with Gasteiger partial charge in [0, 0.05) is 10.5 Å². The van der Waals surface area contributed by atoms with E-state index in [1.54, 1.807) is 24.9 Å². The molecule has 0 aliphatic heterocycles. The second-order valence-electron chi connectivity index (χ2n) is 4.37. The molecular weight excluding hydrogens is 273 g/mol. The van der Waals surface area contributed by atoms with Crippen molar-refractivity contribution in [3.63, 3.8) is 0 Å². The van der Waals surface area contributed by atoms with E-state index in [-0.39, 0.29) is 5.82 Å². The molecule has 2 aromatic carbocycles. The van der Waals surface area contributed by atoms with E-state index in [0.717, 1.165) is 11.3 Å². The molecule has 0 amide bonds. The molecule has 2 nitrogen and oxygen atoms in total.